The lowest BCUT2D eigenvalue weighted by atomic mass is 10.1. The number of fused-ring (bicyclic) bond motifs is 1. The standard InChI is InChI=1S/C20H31N6O4P/c1-7-14-15(30-31(6)28-11-21-8-2)9-16(29-14)26-13(5)23-17-18(26)24-20(25-19(17)27)22-10-12(3)4/h10-12,14-16H,7-9H2,1-6H3,(H,24,25,27). The molecule has 0 aliphatic carbocycles. The first-order valence-electron chi connectivity index (χ1n) is 10.6. The van der Waals surface area contributed by atoms with Crippen LogP contribution in [-0.2, 0) is 13.8 Å². The van der Waals surface area contributed by atoms with E-state index >= 15 is 0 Å². The molecule has 170 valence electrons. The predicted molar refractivity (Wildman–Crippen MR) is 123 cm³/mol. The summed E-state index contributed by atoms with van der Waals surface area (Å²) in [5.74, 6) is 1.15. The molecule has 1 aliphatic rings. The topological polar surface area (TPSA) is 116 Å². The van der Waals surface area contributed by atoms with Crippen LogP contribution in [0.5, 0.6) is 0 Å². The lowest BCUT2D eigenvalue weighted by Crippen LogP contribution is -2.22. The van der Waals surface area contributed by atoms with Crippen molar-refractivity contribution >= 4 is 38.1 Å². The van der Waals surface area contributed by atoms with Crippen molar-refractivity contribution in [3.8, 4) is 0 Å². The molecule has 10 nitrogen and oxygen atoms in total. The smallest absolute Gasteiger partial charge is 0.280 e. The number of hydrogen-bond acceptors (Lipinski definition) is 8. The highest BCUT2D eigenvalue weighted by molar-refractivity contribution is 7.46. The van der Waals surface area contributed by atoms with Gasteiger partial charge in [-0.3, -0.25) is 19.3 Å². The lowest BCUT2D eigenvalue weighted by Gasteiger charge is -2.19. The van der Waals surface area contributed by atoms with Gasteiger partial charge >= 0.3 is 0 Å². The number of nitrogens with zero attached hydrogens (tertiary/aromatic N) is 5. The summed E-state index contributed by atoms with van der Waals surface area (Å²) in [5.41, 5.74) is 0.419. The molecule has 3 rings (SSSR count). The number of nitrogens with one attached hydrogen (secondary N) is 1. The third kappa shape index (κ3) is 5.56. The van der Waals surface area contributed by atoms with Crippen molar-refractivity contribution in [1.29, 1.82) is 0 Å². The first kappa shape index (κ1) is 23.5. The van der Waals surface area contributed by atoms with Gasteiger partial charge in [-0.05, 0) is 26.2 Å². The predicted octanol–water partition coefficient (Wildman–Crippen LogP) is 3.88. The molecule has 0 bridgehead atoms. The van der Waals surface area contributed by atoms with E-state index in [0.717, 1.165) is 6.42 Å². The number of hydrogen-bond donors (Lipinski definition) is 1. The highest BCUT2D eigenvalue weighted by Gasteiger charge is 2.39. The maximum absolute atomic E-state index is 12.5. The lowest BCUT2D eigenvalue weighted by molar-refractivity contribution is -0.0146. The molecular weight excluding hydrogens is 419 g/mol. The second-order valence-corrected chi connectivity index (χ2v) is 8.98. The molecule has 0 radical (unpaired) electrons. The average Bonchev–Trinajstić information content (AvgIpc) is 3.26. The molecule has 4 unspecified atom stereocenters. The van der Waals surface area contributed by atoms with Crippen LogP contribution in [0.4, 0.5) is 5.95 Å². The van der Waals surface area contributed by atoms with E-state index < -0.39 is 8.38 Å². The van der Waals surface area contributed by atoms with Gasteiger partial charge in [0.2, 0.25) is 14.3 Å². The Morgan fingerprint density at radius 2 is 2.16 bits per heavy atom. The number of rotatable bonds is 9. The Hall–Kier alpha value is -2.16. The Kier molecular flexibility index (Phi) is 7.91. The van der Waals surface area contributed by atoms with E-state index in [1.54, 1.807) is 6.21 Å². The van der Waals surface area contributed by atoms with Crippen molar-refractivity contribution in [2.45, 2.75) is 65.9 Å². The van der Waals surface area contributed by atoms with Gasteiger partial charge in [0, 0.05) is 25.8 Å². The summed E-state index contributed by atoms with van der Waals surface area (Å²) in [7, 11) is -1.12. The first-order valence-corrected chi connectivity index (χ1v) is 12.2. The minimum Gasteiger partial charge on any atom is -0.437 e. The minimum absolute atomic E-state index is 0.0982. The Bertz CT molecular complexity index is 1000. The summed E-state index contributed by atoms with van der Waals surface area (Å²) in [5, 5.41) is 0. The molecule has 11 heteroatoms. The number of aromatic nitrogens is 4. The molecule has 31 heavy (non-hydrogen) atoms. The molecular formula is C20H31N6O4P. The van der Waals surface area contributed by atoms with Crippen molar-refractivity contribution in [2.24, 2.45) is 15.9 Å². The summed E-state index contributed by atoms with van der Waals surface area (Å²) in [6, 6.07) is 0. The zero-order valence-corrected chi connectivity index (χ0v) is 19.8. The maximum atomic E-state index is 12.5. The Morgan fingerprint density at radius 1 is 1.39 bits per heavy atom. The third-order valence-corrected chi connectivity index (χ3v) is 5.78. The number of imidazole rings is 1. The van der Waals surface area contributed by atoms with Gasteiger partial charge in [-0.15, -0.1) is 0 Å². The molecule has 1 fully saturated rings. The minimum atomic E-state index is -1.12. The fourth-order valence-corrected chi connectivity index (χ4v) is 4.28. The molecule has 1 aliphatic heterocycles. The van der Waals surface area contributed by atoms with Crippen LogP contribution < -0.4 is 5.56 Å². The summed E-state index contributed by atoms with van der Waals surface area (Å²) in [6.07, 6.45) is 4.00. The molecule has 2 aromatic rings. The van der Waals surface area contributed by atoms with Crippen LogP contribution in [0.25, 0.3) is 11.2 Å². The van der Waals surface area contributed by atoms with Gasteiger partial charge < -0.3 is 13.8 Å². The van der Waals surface area contributed by atoms with Crippen LogP contribution in [0.1, 0.15) is 52.6 Å². The molecule has 1 N–H and O–H groups in total. The SMILES string of the molecule is CCN=COP(C)OC1CC(n2c(C)nc3c(=O)[nH]c(N=CC(C)C)nc32)OC1CC. The normalized spacial score (nSPS) is 23.0. The largest absolute Gasteiger partial charge is 0.437 e. The van der Waals surface area contributed by atoms with Crippen LogP contribution in [0, 0.1) is 12.8 Å². The summed E-state index contributed by atoms with van der Waals surface area (Å²) in [6.45, 7) is 12.4. The zero-order chi connectivity index (χ0) is 22.5. The monoisotopic (exact) mass is 450 g/mol. The molecule has 0 spiro atoms. The van der Waals surface area contributed by atoms with Crippen molar-refractivity contribution in [3.63, 3.8) is 0 Å². The fourth-order valence-electron chi connectivity index (χ4n) is 3.43. The second-order valence-electron chi connectivity index (χ2n) is 7.68. The molecule has 4 atom stereocenters. The highest BCUT2D eigenvalue weighted by atomic mass is 31.2. The molecule has 0 amide bonds. The Morgan fingerprint density at radius 3 is 2.84 bits per heavy atom. The quantitative estimate of drug-likeness (QED) is 0.352. The zero-order valence-electron chi connectivity index (χ0n) is 18.9. The number of aryl methyl sites for hydroxylation is 1. The van der Waals surface area contributed by atoms with Gasteiger partial charge in [-0.1, -0.05) is 20.8 Å². The average molecular weight is 450 g/mol. The van der Waals surface area contributed by atoms with Gasteiger partial charge in [-0.25, -0.2) is 9.98 Å². The van der Waals surface area contributed by atoms with Crippen LogP contribution in [-0.4, -0.2) is 57.6 Å². The number of ether oxygens (including phenoxy) is 1. The van der Waals surface area contributed by atoms with Crippen LogP contribution >= 0.6 is 8.38 Å². The van der Waals surface area contributed by atoms with Crippen LogP contribution in [0.3, 0.4) is 0 Å². The van der Waals surface area contributed by atoms with Gasteiger partial charge in [0.05, 0.1) is 12.2 Å². The molecule has 0 saturated carbocycles. The summed E-state index contributed by atoms with van der Waals surface area (Å²) >= 11 is 0. The van der Waals surface area contributed by atoms with Crippen LogP contribution in [0.2, 0.25) is 0 Å². The second kappa shape index (κ2) is 10.4. The first-order chi connectivity index (χ1) is 14.8. The molecule has 1 saturated heterocycles. The van der Waals surface area contributed by atoms with Gasteiger partial charge in [0.25, 0.3) is 5.56 Å². The molecule has 2 aromatic heterocycles. The van der Waals surface area contributed by atoms with Crippen molar-refractivity contribution in [2.75, 3.05) is 13.2 Å². The summed E-state index contributed by atoms with van der Waals surface area (Å²) in [4.78, 5) is 32.6. The number of aromatic amines is 1. The number of H-pyrrole nitrogens is 1. The molecule has 0 aromatic carbocycles. The van der Waals surface area contributed by atoms with Gasteiger partial charge in [0.15, 0.2) is 17.6 Å². The van der Waals surface area contributed by atoms with Crippen LogP contribution in [0.15, 0.2) is 14.8 Å². The van der Waals surface area contributed by atoms with E-state index in [1.807, 2.05) is 38.9 Å². The van der Waals surface area contributed by atoms with E-state index in [0.29, 0.717) is 24.4 Å². The Balaban J connectivity index is 1.87. The van der Waals surface area contributed by atoms with E-state index in [-0.39, 0.29) is 41.4 Å². The van der Waals surface area contributed by atoms with E-state index in [1.165, 1.54) is 6.40 Å². The maximum Gasteiger partial charge on any atom is 0.280 e. The third-order valence-electron chi connectivity index (χ3n) is 4.82. The van der Waals surface area contributed by atoms with Crippen molar-refractivity contribution in [1.82, 2.24) is 19.5 Å². The Labute approximate surface area is 183 Å². The van der Waals surface area contributed by atoms with Crippen molar-refractivity contribution in [3.05, 3.63) is 16.2 Å². The van der Waals surface area contributed by atoms with Gasteiger partial charge in [0.1, 0.15) is 12.1 Å². The molecule has 3 heterocycles. The number of aliphatic imine (C=N–C) groups is 2. The van der Waals surface area contributed by atoms with E-state index in [2.05, 4.69) is 31.9 Å². The van der Waals surface area contributed by atoms with Gasteiger partial charge in [-0.2, -0.15) is 4.98 Å². The summed E-state index contributed by atoms with van der Waals surface area (Å²) < 4.78 is 19.8. The van der Waals surface area contributed by atoms with E-state index in [4.69, 9.17) is 13.8 Å². The van der Waals surface area contributed by atoms with E-state index in [9.17, 15) is 4.79 Å². The fraction of sp³-hybridized carbons (Fsp3) is 0.650. The van der Waals surface area contributed by atoms with Crippen molar-refractivity contribution < 1.29 is 13.8 Å². The highest BCUT2D eigenvalue weighted by Crippen LogP contribution is 2.42.